The summed E-state index contributed by atoms with van der Waals surface area (Å²) >= 11 is 0. The van der Waals surface area contributed by atoms with E-state index in [1.54, 1.807) is 4.68 Å². The van der Waals surface area contributed by atoms with E-state index in [4.69, 9.17) is 0 Å². The molecule has 1 aliphatic rings. The van der Waals surface area contributed by atoms with Crippen LogP contribution in [0.2, 0.25) is 0 Å². The van der Waals surface area contributed by atoms with Crippen molar-refractivity contribution >= 4 is 0 Å². The summed E-state index contributed by atoms with van der Waals surface area (Å²) < 4.78 is 3.41. The molecule has 0 aliphatic carbocycles. The van der Waals surface area contributed by atoms with Crippen LogP contribution in [0.25, 0.3) is 0 Å². The molecule has 90 valence electrons. The number of aryl methyl sites for hydroxylation is 1. The lowest BCUT2D eigenvalue weighted by molar-refractivity contribution is 0.496. The summed E-state index contributed by atoms with van der Waals surface area (Å²) in [7, 11) is 0. The second-order valence-electron chi connectivity index (χ2n) is 4.64. The van der Waals surface area contributed by atoms with Crippen LogP contribution in [0.5, 0.6) is 0 Å². The van der Waals surface area contributed by atoms with Crippen LogP contribution in [-0.4, -0.2) is 26.9 Å². The molecule has 0 saturated heterocycles. The summed E-state index contributed by atoms with van der Waals surface area (Å²) in [6.07, 6.45) is 3.20. The molecule has 1 aliphatic heterocycles. The molecular formula is C11H20N4O. The number of hydrogen-bond donors (Lipinski definition) is 1. The van der Waals surface area contributed by atoms with Crippen molar-refractivity contribution in [2.75, 3.05) is 6.54 Å². The minimum absolute atomic E-state index is 0.0558. The van der Waals surface area contributed by atoms with Crippen LogP contribution in [0.3, 0.4) is 0 Å². The number of rotatable bonds is 4. The average molecular weight is 224 g/mol. The molecule has 0 amide bonds. The number of hydrogen-bond acceptors (Lipinski definition) is 3. The Hall–Kier alpha value is -1.10. The fourth-order valence-corrected chi connectivity index (χ4v) is 2.05. The molecule has 0 aromatic carbocycles. The molecule has 0 spiro atoms. The van der Waals surface area contributed by atoms with Gasteiger partial charge in [-0.1, -0.05) is 13.8 Å². The lowest BCUT2D eigenvalue weighted by Crippen LogP contribution is -2.32. The molecule has 2 rings (SSSR count). The van der Waals surface area contributed by atoms with Gasteiger partial charge in [0, 0.05) is 25.6 Å². The van der Waals surface area contributed by atoms with Crippen LogP contribution in [0.4, 0.5) is 0 Å². The first-order valence-electron chi connectivity index (χ1n) is 6.08. The van der Waals surface area contributed by atoms with Crippen LogP contribution in [-0.2, 0) is 19.5 Å². The Balaban J connectivity index is 2.04. The molecule has 0 radical (unpaired) electrons. The van der Waals surface area contributed by atoms with Gasteiger partial charge in [0.15, 0.2) is 0 Å². The molecule has 0 bridgehead atoms. The lowest BCUT2D eigenvalue weighted by Gasteiger charge is -2.09. The van der Waals surface area contributed by atoms with E-state index in [1.165, 1.54) is 0 Å². The van der Waals surface area contributed by atoms with Crippen molar-refractivity contribution in [2.45, 2.75) is 52.2 Å². The zero-order valence-electron chi connectivity index (χ0n) is 10.1. The normalized spacial score (nSPS) is 15.4. The Kier molecular flexibility index (Phi) is 3.43. The number of aromatic nitrogens is 3. The molecule has 0 unspecified atom stereocenters. The van der Waals surface area contributed by atoms with Crippen molar-refractivity contribution in [3.8, 4) is 0 Å². The highest BCUT2D eigenvalue weighted by Gasteiger charge is 2.15. The highest BCUT2D eigenvalue weighted by atomic mass is 16.2. The van der Waals surface area contributed by atoms with Crippen molar-refractivity contribution in [3.63, 3.8) is 0 Å². The van der Waals surface area contributed by atoms with Crippen molar-refractivity contribution in [1.82, 2.24) is 19.7 Å². The van der Waals surface area contributed by atoms with Gasteiger partial charge in [-0.25, -0.2) is 9.48 Å². The Labute approximate surface area is 95.5 Å². The second-order valence-corrected chi connectivity index (χ2v) is 4.64. The Bertz CT molecular complexity index is 405. The maximum absolute atomic E-state index is 11.9. The molecule has 5 heteroatoms. The second kappa shape index (κ2) is 4.82. The Morgan fingerprint density at radius 3 is 2.94 bits per heavy atom. The third-order valence-corrected chi connectivity index (χ3v) is 2.91. The topological polar surface area (TPSA) is 51.9 Å². The molecule has 5 nitrogen and oxygen atoms in total. The van der Waals surface area contributed by atoms with Crippen LogP contribution < -0.4 is 11.0 Å². The van der Waals surface area contributed by atoms with Crippen molar-refractivity contribution in [1.29, 1.82) is 0 Å². The highest BCUT2D eigenvalue weighted by molar-refractivity contribution is 4.91. The van der Waals surface area contributed by atoms with E-state index in [0.29, 0.717) is 12.6 Å². The van der Waals surface area contributed by atoms with E-state index in [0.717, 1.165) is 38.2 Å². The summed E-state index contributed by atoms with van der Waals surface area (Å²) in [5, 5.41) is 7.67. The first-order chi connectivity index (χ1) is 7.68. The minimum atomic E-state index is 0.0558. The summed E-state index contributed by atoms with van der Waals surface area (Å²) in [5.41, 5.74) is 0.0558. The number of fused-ring (bicyclic) bond motifs is 1. The highest BCUT2D eigenvalue weighted by Crippen LogP contribution is 2.08. The first-order valence-corrected chi connectivity index (χ1v) is 6.08. The van der Waals surface area contributed by atoms with E-state index in [1.807, 2.05) is 4.57 Å². The fourth-order valence-electron chi connectivity index (χ4n) is 2.05. The van der Waals surface area contributed by atoms with Gasteiger partial charge < -0.3 is 5.32 Å². The molecule has 0 atom stereocenters. The predicted molar refractivity (Wildman–Crippen MR) is 62.6 cm³/mol. The van der Waals surface area contributed by atoms with Gasteiger partial charge in [-0.05, 0) is 12.8 Å². The molecule has 2 heterocycles. The van der Waals surface area contributed by atoms with Crippen molar-refractivity contribution in [2.24, 2.45) is 0 Å². The molecule has 16 heavy (non-hydrogen) atoms. The van der Waals surface area contributed by atoms with Gasteiger partial charge >= 0.3 is 5.69 Å². The third kappa shape index (κ3) is 2.35. The smallest absolute Gasteiger partial charge is 0.313 e. The van der Waals surface area contributed by atoms with Crippen molar-refractivity contribution in [3.05, 3.63) is 16.3 Å². The third-order valence-electron chi connectivity index (χ3n) is 2.91. The summed E-state index contributed by atoms with van der Waals surface area (Å²) in [6, 6.07) is 0.452. The van der Waals surface area contributed by atoms with Crippen molar-refractivity contribution < 1.29 is 0 Å². The van der Waals surface area contributed by atoms with Crippen LogP contribution in [0.15, 0.2) is 4.79 Å². The lowest BCUT2D eigenvalue weighted by atomic mass is 10.2. The summed E-state index contributed by atoms with van der Waals surface area (Å²) in [6.45, 7) is 6.50. The van der Waals surface area contributed by atoms with Gasteiger partial charge in [-0.15, -0.1) is 0 Å². The zero-order chi connectivity index (χ0) is 11.5. The quantitative estimate of drug-likeness (QED) is 0.804. The minimum Gasteiger partial charge on any atom is -0.313 e. The monoisotopic (exact) mass is 224 g/mol. The van der Waals surface area contributed by atoms with Gasteiger partial charge in [-0.2, -0.15) is 5.10 Å². The maximum Gasteiger partial charge on any atom is 0.345 e. The van der Waals surface area contributed by atoms with Gasteiger partial charge in [0.2, 0.25) is 0 Å². The molecule has 0 saturated carbocycles. The van der Waals surface area contributed by atoms with E-state index < -0.39 is 0 Å². The Morgan fingerprint density at radius 1 is 1.44 bits per heavy atom. The van der Waals surface area contributed by atoms with Crippen LogP contribution >= 0.6 is 0 Å². The largest absolute Gasteiger partial charge is 0.345 e. The fraction of sp³-hybridized carbons (Fsp3) is 0.818. The maximum atomic E-state index is 11.9. The van der Waals surface area contributed by atoms with E-state index in [-0.39, 0.29) is 5.69 Å². The predicted octanol–water partition coefficient (Wildman–Crippen LogP) is 0.379. The standard InChI is InChI=1S/C11H20N4O/c1-9(2)12-6-8-15-11(16)14-7-4-3-5-10(14)13-15/h9,12H,3-8H2,1-2H3. The molecular weight excluding hydrogens is 204 g/mol. The molecule has 0 fully saturated rings. The summed E-state index contributed by atoms with van der Waals surface area (Å²) in [4.78, 5) is 11.9. The first kappa shape index (κ1) is 11.4. The van der Waals surface area contributed by atoms with E-state index >= 15 is 0 Å². The summed E-state index contributed by atoms with van der Waals surface area (Å²) in [5.74, 6) is 0.959. The van der Waals surface area contributed by atoms with Gasteiger partial charge in [-0.3, -0.25) is 4.57 Å². The van der Waals surface area contributed by atoms with E-state index in [2.05, 4.69) is 24.3 Å². The number of nitrogens with one attached hydrogen (secondary N) is 1. The van der Waals surface area contributed by atoms with Gasteiger partial charge in [0.1, 0.15) is 5.82 Å². The molecule has 1 N–H and O–H groups in total. The SMILES string of the molecule is CC(C)NCCn1nc2n(c1=O)CCCC2. The van der Waals surface area contributed by atoms with Crippen LogP contribution in [0, 0.1) is 0 Å². The molecule has 1 aromatic heterocycles. The molecule has 1 aromatic rings. The van der Waals surface area contributed by atoms with Gasteiger partial charge in [0.25, 0.3) is 0 Å². The van der Waals surface area contributed by atoms with Gasteiger partial charge in [0.05, 0.1) is 6.54 Å². The van der Waals surface area contributed by atoms with Crippen LogP contribution in [0.1, 0.15) is 32.5 Å². The average Bonchev–Trinajstić information content (AvgIpc) is 2.56. The Morgan fingerprint density at radius 2 is 2.25 bits per heavy atom. The number of nitrogens with zero attached hydrogens (tertiary/aromatic N) is 3. The zero-order valence-corrected chi connectivity index (χ0v) is 10.1. The van der Waals surface area contributed by atoms with E-state index in [9.17, 15) is 4.79 Å².